The molecule has 0 aliphatic rings. The number of benzene rings is 2. The number of hydrogen-bond donors (Lipinski definition) is 1. The molecule has 0 saturated heterocycles. The Labute approximate surface area is 213 Å². The first kappa shape index (κ1) is 26.9. The van der Waals surface area contributed by atoms with Gasteiger partial charge in [0, 0.05) is 37.5 Å². The lowest BCUT2D eigenvalue weighted by atomic mass is 10.1. The Morgan fingerprint density at radius 3 is 2.39 bits per heavy atom. The second-order valence-electron chi connectivity index (χ2n) is 9.27. The first-order valence-electron chi connectivity index (χ1n) is 12.1. The van der Waals surface area contributed by atoms with Gasteiger partial charge < -0.3 is 14.4 Å². The van der Waals surface area contributed by atoms with Gasteiger partial charge >= 0.3 is 0 Å². The molecule has 0 aliphatic carbocycles. The molecule has 0 fully saturated rings. The summed E-state index contributed by atoms with van der Waals surface area (Å²) >= 11 is 0. The Hall–Kier alpha value is -3.65. The summed E-state index contributed by atoms with van der Waals surface area (Å²) in [7, 11) is 3.20. The number of aryl methyl sites for hydroxylation is 2. The topological polar surface area (TPSA) is 85.7 Å². The predicted octanol–water partition coefficient (Wildman–Crippen LogP) is 4.62. The molecule has 36 heavy (non-hydrogen) atoms. The van der Waals surface area contributed by atoms with E-state index >= 15 is 0 Å². The lowest BCUT2D eigenvalue weighted by Gasteiger charge is -2.22. The average Bonchev–Trinajstić information content (AvgIpc) is 3.26. The van der Waals surface area contributed by atoms with Crippen LogP contribution in [0.15, 0.2) is 48.7 Å². The molecule has 0 saturated carbocycles. The number of aromatic nitrogens is 2. The van der Waals surface area contributed by atoms with Gasteiger partial charge in [-0.25, -0.2) is 4.98 Å². The number of ether oxygens (including phenoxy) is 2. The number of carbonyl (C=O) groups is 2. The van der Waals surface area contributed by atoms with E-state index in [4.69, 9.17) is 14.5 Å². The van der Waals surface area contributed by atoms with Crippen molar-refractivity contribution in [1.82, 2.24) is 14.5 Å². The number of imidazole rings is 1. The van der Waals surface area contributed by atoms with E-state index in [2.05, 4.69) is 18.3 Å². The van der Waals surface area contributed by atoms with E-state index in [1.54, 1.807) is 14.2 Å². The molecule has 1 aromatic heterocycles. The van der Waals surface area contributed by atoms with Gasteiger partial charge in [-0.15, -0.1) is 0 Å². The first-order valence-corrected chi connectivity index (χ1v) is 12.1. The third-order valence-electron chi connectivity index (χ3n) is 5.95. The summed E-state index contributed by atoms with van der Waals surface area (Å²) in [4.78, 5) is 32.1. The largest absolute Gasteiger partial charge is 0.497 e. The summed E-state index contributed by atoms with van der Waals surface area (Å²) in [5, 5.41) is 2.92. The van der Waals surface area contributed by atoms with Crippen LogP contribution in [0.5, 0.6) is 5.75 Å². The third kappa shape index (κ3) is 6.95. The van der Waals surface area contributed by atoms with Crippen molar-refractivity contribution in [2.75, 3.05) is 39.2 Å². The van der Waals surface area contributed by atoms with Crippen LogP contribution in [0.3, 0.4) is 0 Å². The van der Waals surface area contributed by atoms with Crippen LogP contribution in [0.4, 0.5) is 5.95 Å². The second-order valence-corrected chi connectivity index (χ2v) is 9.27. The van der Waals surface area contributed by atoms with Gasteiger partial charge in [-0.3, -0.25) is 19.5 Å². The highest BCUT2D eigenvalue weighted by atomic mass is 16.5. The van der Waals surface area contributed by atoms with Crippen molar-refractivity contribution in [3.63, 3.8) is 0 Å². The molecule has 3 aromatic rings. The summed E-state index contributed by atoms with van der Waals surface area (Å²) in [5.41, 5.74) is 4.79. The highest BCUT2D eigenvalue weighted by Crippen LogP contribution is 2.27. The van der Waals surface area contributed by atoms with E-state index < -0.39 is 0 Å². The molecule has 1 N–H and O–H groups in total. The van der Waals surface area contributed by atoms with Crippen LogP contribution in [0, 0.1) is 19.8 Å². The van der Waals surface area contributed by atoms with Gasteiger partial charge in [0.15, 0.2) is 0 Å². The summed E-state index contributed by atoms with van der Waals surface area (Å²) in [6.45, 7) is 8.69. The Morgan fingerprint density at radius 2 is 1.78 bits per heavy atom. The lowest BCUT2D eigenvalue weighted by molar-refractivity contribution is -0.136. The fourth-order valence-electron chi connectivity index (χ4n) is 3.75. The molecule has 0 atom stereocenters. The highest BCUT2D eigenvalue weighted by Gasteiger charge is 2.20. The van der Waals surface area contributed by atoms with Crippen molar-refractivity contribution in [3.8, 4) is 22.7 Å². The van der Waals surface area contributed by atoms with E-state index in [-0.39, 0.29) is 24.3 Å². The standard InChI is InChI=1S/C28H36N4O4/c1-19(2)15-27(34)31(13-14-35-5)18-26(33)30-28-29-25(22-8-11-24(36-6)12-9-22)17-32(28)23-10-7-20(3)21(4)16-23/h7-12,16-17,19H,13-15,18H2,1-6H3,(H,29,30,33). The molecule has 8 nitrogen and oxygen atoms in total. The Balaban J connectivity index is 1.91. The number of rotatable bonds is 11. The third-order valence-corrected chi connectivity index (χ3v) is 5.95. The molecule has 192 valence electrons. The molecule has 0 aliphatic heterocycles. The number of methoxy groups -OCH3 is 2. The molecular weight excluding hydrogens is 456 g/mol. The van der Waals surface area contributed by atoms with Crippen molar-refractivity contribution in [3.05, 3.63) is 59.8 Å². The normalized spacial score (nSPS) is 11.0. The number of nitrogens with zero attached hydrogens (tertiary/aromatic N) is 3. The fraction of sp³-hybridized carbons (Fsp3) is 0.393. The van der Waals surface area contributed by atoms with Crippen molar-refractivity contribution in [2.45, 2.75) is 34.1 Å². The maximum Gasteiger partial charge on any atom is 0.246 e. The summed E-state index contributed by atoms with van der Waals surface area (Å²) in [6, 6.07) is 13.7. The number of anilines is 1. The average molecular weight is 493 g/mol. The number of hydrogen-bond acceptors (Lipinski definition) is 5. The van der Waals surface area contributed by atoms with Gasteiger partial charge in [-0.2, -0.15) is 0 Å². The Bertz CT molecular complexity index is 1180. The zero-order valence-corrected chi connectivity index (χ0v) is 22.0. The molecule has 0 radical (unpaired) electrons. The minimum absolute atomic E-state index is 0.0753. The van der Waals surface area contributed by atoms with Crippen LogP contribution in [0.25, 0.3) is 16.9 Å². The van der Waals surface area contributed by atoms with Crippen LogP contribution >= 0.6 is 0 Å². The van der Waals surface area contributed by atoms with Gasteiger partial charge in [0.25, 0.3) is 0 Å². The first-order chi connectivity index (χ1) is 17.2. The summed E-state index contributed by atoms with van der Waals surface area (Å²) in [5.74, 6) is 0.940. The number of nitrogens with one attached hydrogen (secondary N) is 1. The van der Waals surface area contributed by atoms with Crippen molar-refractivity contribution in [2.24, 2.45) is 5.92 Å². The molecule has 1 heterocycles. The second kappa shape index (κ2) is 12.4. The van der Waals surface area contributed by atoms with E-state index in [9.17, 15) is 9.59 Å². The minimum atomic E-state index is -0.319. The zero-order chi connectivity index (χ0) is 26.2. The van der Waals surface area contributed by atoms with Crippen LogP contribution in [-0.4, -0.2) is 60.2 Å². The van der Waals surface area contributed by atoms with E-state index in [1.807, 2.05) is 67.9 Å². The monoisotopic (exact) mass is 492 g/mol. The zero-order valence-electron chi connectivity index (χ0n) is 22.0. The van der Waals surface area contributed by atoms with Gasteiger partial charge in [-0.1, -0.05) is 19.9 Å². The highest BCUT2D eigenvalue weighted by molar-refractivity contribution is 5.94. The molecule has 0 spiro atoms. The van der Waals surface area contributed by atoms with E-state index in [1.165, 1.54) is 10.5 Å². The predicted molar refractivity (Wildman–Crippen MR) is 142 cm³/mol. The quantitative estimate of drug-likeness (QED) is 0.422. The van der Waals surface area contributed by atoms with Crippen LogP contribution in [-0.2, 0) is 14.3 Å². The minimum Gasteiger partial charge on any atom is -0.497 e. The molecule has 2 amide bonds. The molecule has 0 unspecified atom stereocenters. The number of amides is 2. The van der Waals surface area contributed by atoms with Gasteiger partial charge in [0.2, 0.25) is 17.8 Å². The Kier molecular flexibility index (Phi) is 9.25. The number of carbonyl (C=O) groups excluding carboxylic acids is 2. The van der Waals surface area contributed by atoms with E-state index in [0.717, 1.165) is 22.6 Å². The van der Waals surface area contributed by atoms with Crippen molar-refractivity contribution < 1.29 is 19.1 Å². The Morgan fingerprint density at radius 1 is 1.06 bits per heavy atom. The maximum atomic E-state index is 13.1. The van der Waals surface area contributed by atoms with Crippen LogP contribution < -0.4 is 10.1 Å². The smallest absolute Gasteiger partial charge is 0.246 e. The van der Waals surface area contributed by atoms with Gasteiger partial charge in [-0.05, 0) is 67.3 Å². The molecule has 2 aromatic carbocycles. The summed E-state index contributed by atoms with van der Waals surface area (Å²) in [6.07, 6.45) is 2.27. The van der Waals surface area contributed by atoms with Crippen molar-refractivity contribution in [1.29, 1.82) is 0 Å². The van der Waals surface area contributed by atoms with Gasteiger partial charge in [0.1, 0.15) is 12.3 Å². The van der Waals surface area contributed by atoms with Crippen LogP contribution in [0.1, 0.15) is 31.4 Å². The maximum absolute atomic E-state index is 13.1. The van der Waals surface area contributed by atoms with E-state index in [0.29, 0.717) is 31.2 Å². The fourth-order valence-corrected chi connectivity index (χ4v) is 3.75. The van der Waals surface area contributed by atoms with Gasteiger partial charge in [0.05, 0.1) is 19.4 Å². The molecular formula is C28H36N4O4. The van der Waals surface area contributed by atoms with Crippen molar-refractivity contribution >= 4 is 17.8 Å². The summed E-state index contributed by atoms with van der Waals surface area (Å²) < 4.78 is 12.3. The molecule has 8 heteroatoms. The lowest BCUT2D eigenvalue weighted by Crippen LogP contribution is -2.40. The SMILES string of the molecule is COCCN(CC(=O)Nc1nc(-c2ccc(OC)cc2)cn1-c1ccc(C)c(C)c1)C(=O)CC(C)C. The molecule has 3 rings (SSSR count). The molecule has 0 bridgehead atoms. The van der Waals surface area contributed by atoms with Crippen LogP contribution in [0.2, 0.25) is 0 Å².